The van der Waals surface area contributed by atoms with Crippen LogP contribution < -0.4 is 10.6 Å². The molecule has 1 fully saturated rings. The molecule has 1 amide bonds. The predicted octanol–water partition coefficient (Wildman–Crippen LogP) is 1.58. The summed E-state index contributed by atoms with van der Waals surface area (Å²) in [6, 6.07) is 0.353. The highest BCUT2D eigenvalue weighted by Gasteiger charge is 2.24. The number of nitrogens with one attached hydrogen (secondary N) is 2. The Balaban J connectivity index is 1.85. The molecule has 1 aliphatic rings. The third-order valence-electron chi connectivity index (χ3n) is 2.63. The largest absolute Gasteiger partial charge is 0.369 e. The Hall–Kier alpha value is -1.65. The van der Waals surface area contributed by atoms with E-state index in [9.17, 15) is 4.79 Å². The predicted molar refractivity (Wildman–Crippen MR) is 65.9 cm³/mol. The number of rotatable bonds is 6. The number of anilines is 1. The van der Waals surface area contributed by atoms with Crippen LogP contribution >= 0.6 is 0 Å². The number of aromatic nitrogens is 2. The Kier molecular flexibility index (Phi) is 3.90. The van der Waals surface area contributed by atoms with Crippen molar-refractivity contribution >= 4 is 11.7 Å². The molecule has 0 atom stereocenters. The van der Waals surface area contributed by atoms with E-state index < -0.39 is 0 Å². The van der Waals surface area contributed by atoms with Gasteiger partial charge in [0.05, 0.1) is 12.4 Å². The number of nitrogens with zero attached hydrogens (tertiary/aromatic N) is 2. The normalized spacial score (nSPS) is 14.4. The second-order valence-corrected chi connectivity index (χ2v) is 4.31. The van der Waals surface area contributed by atoms with Crippen molar-refractivity contribution in [2.24, 2.45) is 0 Å². The van der Waals surface area contributed by atoms with Crippen molar-refractivity contribution in [2.45, 2.75) is 38.6 Å². The summed E-state index contributed by atoms with van der Waals surface area (Å²) < 4.78 is 0. The van der Waals surface area contributed by atoms with E-state index >= 15 is 0 Å². The van der Waals surface area contributed by atoms with Crippen LogP contribution in [0.4, 0.5) is 5.82 Å². The molecule has 0 spiro atoms. The SMILES string of the molecule is CCCCNc1cnc(C(=O)NC2CC2)cn1. The lowest BCUT2D eigenvalue weighted by atomic mass is 10.3. The van der Waals surface area contributed by atoms with Crippen molar-refractivity contribution in [1.82, 2.24) is 15.3 Å². The number of carbonyl (C=O) groups is 1. The number of amides is 1. The van der Waals surface area contributed by atoms with Gasteiger partial charge in [-0.25, -0.2) is 9.97 Å². The van der Waals surface area contributed by atoms with Gasteiger partial charge >= 0.3 is 0 Å². The topological polar surface area (TPSA) is 66.9 Å². The van der Waals surface area contributed by atoms with E-state index in [-0.39, 0.29) is 5.91 Å². The zero-order chi connectivity index (χ0) is 12.1. The van der Waals surface area contributed by atoms with Crippen LogP contribution in [0.2, 0.25) is 0 Å². The summed E-state index contributed by atoms with van der Waals surface area (Å²) in [5.41, 5.74) is 0.387. The van der Waals surface area contributed by atoms with Gasteiger partial charge in [0.15, 0.2) is 0 Å². The second kappa shape index (κ2) is 5.61. The molecule has 0 radical (unpaired) electrons. The average molecular weight is 234 g/mol. The molecule has 2 N–H and O–H groups in total. The molecule has 0 aliphatic heterocycles. The van der Waals surface area contributed by atoms with Crippen molar-refractivity contribution in [3.63, 3.8) is 0 Å². The minimum Gasteiger partial charge on any atom is -0.369 e. The molecule has 1 aliphatic carbocycles. The number of unbranched alkanes of at least 4 members (excludes halogenated alkanes) is 1. The van der Waals surface area contributed by atoms with E-state index in [4.69, 9.17) is 0 Å². The van der Waals surface area contributed by atoms with Gasteiger partial charge in [-0.2, -0.15) is 0 Å². The van der Waals surface area contributed by atoms with Crippen LogP contribution in [0.25, 0.3) is 0 Å². The maximum Gasteiger partial charge on any atom is 0.271 e. The molecular formula is C12H18N4O. The minimum atomic E-state index is -0.125. The Morgan fingerprint density at radius 3 is 2.82 bits per heavy atom. The molecule has 0 aromatic carbocycles. The first-order valence-electron chi connectivity index (χ1n) is 6.16. The summed E-state index contributed by atoms with van der Waals surface area (Å²) in [6.07, 6.45) is 7.53. The van der Waals surface area contributed by atoms with Gasteiger partial charge in [0.2, 0.25) is 0 Å². The molecule has 1 saturated carbocycles. The molecule has 1 aromatic heterocycles. The van der Waals surface area contributed by atoms with Crippen LogP contribution in [0.15, 0.2) is 12.4 Å². The van der Waals surface area contributed by atoms with E-state index in [1.165, 1.54) is 6.20 Å². The van der Waals surface area contributed by atoms with Crippen molar-refractivity contribution in [2.75, 3.05) is 11.9 Å². The minimum absolute atomic E-state index is 0.125. The van der Waals surface area contributed by atoms with Gasteiger partial charge in [0.1, 0.15) is 11.5 Å². The lowest BCUT2D eigenvalue weighted by Crippen LogP contribution is -2.26. The standard InChI is InChI=1S/C12H18N4O/c1-2-3-6-13-11-8-14-10(7-15-11)12(17)16-9-4-5-9/h7-9H,2-6H2,1H3,(H,13,15)(H,16,17). The quantitative estimate of drug-likeness (QED) is 0.733. The van der Waals surface area contributed by atoms with Crippen LogP contribution in [0.3, 0.4) is 0 Å². The lowest BCUT2D eigenvalue weighted by Gasteiger charge is -2.05. The van der Waals surface area contributed by atoms with Gasteiger partial charge in [0, 0.05) is 12.6 Å². The fourth-order valence-corrected chi connectivity index (χ4v) is 1.42. The zero-order valence-electron chi connectivity index (χ0n) is 10.1. The summed E-state index contributed by atoms with van der Waals surface area (Å²) in [5.74, 6) is 0.599. The smallest absolute Gasteiger partial charge is 0.271 e. The summed E-state index contributed by atoms with van der Waals surface area (Å²) in [7, 11) is 0. The van der Waals surface area contributed by atoms with Crippen molar-refractivity contribution in [3.8, 4) is 0 Å². The number of hydrogen-bond donors (Lipinski definition) is 2. The first kappa shape index (κ1) is 11.8. The lowest BCUT2D eigenvalue weighted by molar-refractivity contribution is 0.0945. The summed E-state index contributed by atoms with van der Waals surface area (Å²) in [5, 5.41) is 6.04. The Morgan fingerprint density at radius 2 is 2.24 bits per heavy atom. The second-order valence-electron chi connectivity index (χ2n) is 4.31. The van der Waals surface area contributed by atoms with Gasteiger partial charge in [-0.3, -0.25) is 4.79 Å². The summed E-state index contributed by atoms with van der Waals surface area (Å²) >= 11 is 0. The average Bonchev–Trinajstić information content (AvgIpc) is 3.14. The molecule has 5 heteroatoms. The molecule has 2 rings (SSSR count). The monoisotopic (exact) mass is 234 g/mol. The molecule has 92 valence electrons. The molecule has 5 nitrogen and oxygen atoms in total. The van der Waals surface area contributed by atoms with E-state index in [1.54, 1.807) is 6.20 Å². The van der Waals surface area contributed by atoms with E-state index in [1.807, 2.05) is 0 Å². The molecule has 17 heavy (non-hydrogen) atoms. The number of hydrogen-bond acceptors (Lipinski definition) is 4. The van der Waals surface area contributed by atoms with Crippen LogP contribution in [0, 0.1) is 0 Å². The first-order valence-corrected chi connectivity index (χ1v) is 6.16. The number of carbonyl (C=O) groups excluding carboxylic acids is 1. The fraction of sp³-hybridized carbons (Fsp3) is 0.583. The van der Waals surface area contributed by atoms with Crippen LogP contribution in [-0.2, 0) is 0 Å². The molecule has 0 bridgehead atoms. The summed E-state index contributed by atoms with van der Waals surface area (Å²) in [4.78, 5) is 19.9. The van der Waals surface area contributed by atoms with Gasteiger partial charge in [-0.05, 0) is 19.3 Å². The highest BCUT2D eigenvalue weighted by Crippen LogP contribution is 2.19. The van der Waals surface area contributed by atoms with Gasteiger partial charge in [0.25, 0.3) is 5.91 Å². The maximum atomic E-state index is 11.6. The van der Waals surface area contributed by atoms with E-state index in [0.717, 1.165) is 38.0 Å². The first-order chi connectivity index (χ1) is 8.29. The molecular weight excluding hydrogens is 216 g/mol. The maximum absolute atomic E-state index is 11.6. The highest BCUT2D eigenvalue weighted by atomic mass is 16.2. The van der Waals surface area contributed by atoms with Gasteiger partial charge < -0.3 is 10.6 Å². The Bertz CT molecular complexity index is 373. The molecule has 0 saturated heterocycles. The van der Waals surface area contributed by atoms with Crippen molar-refractivity contribution in [1.29, 1.82) is 0 Å². The van der Waals surface area contributed by atoms with Crippen LogP contribution in [-0.4, -0.2) is 28.5 Å². The highest BCUT2D eigenvalue weighted by molar-refractivity contribution is 5.92. The van der Waals surface area contributed by atoms with E-state index in [2.05, 4.69) is 27.5 Å². The molecule has 0 unspecified atom stereocenters. The molecule has 1 heterocycles. The Labute approximate surface area is 101 Å². The fourth-order valence-electron chi connectivity index (χ4n) is 1.42. The van der Waals surface area contributed by atoms with Gasteiger partial charge in [-0.15, -0.1) is 0 Å². The Morgan fingerprint density at radius 1 is 1.41 bits per heavy atom. The molecule has 1 aromatic rings. The zero-order valence-corrected chi connectivity index (χ0v) is 10.1. The van der Waals surface area contributed by atoms with Crippen LogP contribution in [0.5, 0.6) is 0 Å². The van der Waals surface area contributed by atoms with E-state index in [0.29, 0.717) is 11.7 Å². The van der Waals surface area contributed by atoms with Gasteiger partial charge in [-0.1, -0.05) is 13.3 Å². The van der Waals surface area contributed by atoms with Crippen molar-refractivity contribution < 1.29 is 4.79 Å². The summed E-state index contributed by atoms with van der Waals surface area (Å²) in [6.45, 7) is 3.03. The van der Waals surface area contributed by atoms with Crippen molar-refractivity contribution in [3.05, 3.63) is 18.1 Å². The third kappa shape index (κ3) is 3.69. The van der Waals surface area contributed by atoms with Crippen LogP contribution in [0.1, 0.15) is 43.1 Å². The third-order valence-corrected chi connectivity index (χ3v) is 2.63.